The van der Waals surface area contributed by atoms with Crippen LogP contribution in [0.3, 0.4) is 0 Å². The molecule has 0 bridgehead atoms. The van der Waals surface area contributed by atoms with E-state index in [1.165, 1.54) is 0 Å². The van der Waals surface area contributed by atoms with Crippen LogP contribution < -0.4 is 16.4 Å². The molecule has 1 rings (SSSR count). The Labute approximate surface area is 75.5 Å². The van der Waals surface area contributed by atoms with Crippen LogP contribution in [0.2, 0.25) is 0 Å². The molecule has 1 aliphatic rings. The lowest BCUT2D eigenvalue weighted by Crippen LogP contribution is -2.39. The summed E-state index contributed by atoms with van der Waals surface area (Å²) in [4.78, 5) is 21.3. The van der Waals surface area contributed by atoms with Gasteiger partial charge in [-0.1, -0.05) is 0 Å². The number of carboxylic acid groups (broad SMARTS) is 1. The minimum Gasteiger partial charge on any atom is -0.480 e. The van der Waals surface area contributed by atoms with E-state index in [0.29, 0.717) is 13.0 Å². The van der Waals surface area contributed by atoms with E-state index in [-0.39, 0.29) is 18.5 Å². The normalized spacial score (nSPS) is 27.2. The SMILES string of the molecule is NCC(=O)NC1CN[C@@H](C(=O)O)C1. The van der Waals surface area contributed by atoms with Crippen molar-refractivity contribution in [1.82, 2.24) is 10.6 Å². The van der Waals surface area contributed by atoms with Crippen LogP contribution in [0.4, 0.5) is 0 Å². The molecule has 0 aromatic rings. The fraction of sp³-hybridized carbons (Fsp3) is 0.714. The van der Waals surface area contributed by atoms with Crippen molar-refractivity contribution in [3.05, 3.63) is 0 Å². The summed E-state index contributed by atoms with van der Waals surface area (Å²) in [6.07, 6.45) is 0.418. The number of amides is 1. The second kappa shape index (κ2) is 4.20. The average Bonchev–Trinajstić information content (AvgIpc) is 2.52. The van der Waals surface area contributed by atoms with Crippen molar-refractivity contribution in [1.29, 1.82) is 0 Å². The van der Waals surface area contributed by atoms with Crippen LogP contribution in [-0.2, 0) is 9.59 Å². The van der Waals surface area contributed by atoms with Gasteiger partial charge in [0.15, 0.2) is 0 Å². The molecular weight excluding hydrogens is 174 g/mol. The van der Waals surface area contributed by atoms with Gasteiger partial charge in [-0.2, -0.15) is 0 Å². The van der Waals surface area contributed by atoms with E-state index in [1.807, 2.05) is 0 Å². The number of aliphatic carboxylic acids is 1. The third kappa shape index (κ3) is 2.67. The van der Waals surface area contributed by atoms with Gasteiger partial charge in [0.2, 0.25) is 5.91 Å². The molecule has 1 aliphatic heterocycles. The van der Waals surface area contributed by atoms with Gasteiger partial charge in [0.1, 0.15) is 6.04 Å². The molecule has 0 saturated carbocycles. The van der Waals surface area contributed by atoms with Crippen molar-refractivity contribution < 1.29 is 14.7 Å². The van der Waals surface area contributed by atoms with Gasteiger partial charge in [0.25, 0.3) is 0 Å². The minimum absolute atomic E-state index is 0.0613. The number of rotatable bonds is 3. The third-order valence-electron chi connectivity index (χ3n) is 1.98. The van der Waals surface area contributed by atoms with E-state index in [4.69, 9.17) is 10.8 Å². The van der Waals surface area contributed by atoms with Crippen LogP contribution in [0.1, 0.15) is 6.42 Å². The zero-order valence-electron chi connectivity index (χ0n) is 7.12. The highest BCUT2D eigenvalue weighted by Crippen LogP contribution is 2.06. The van der Waals surface area contributed by atoms with Crippen LogP contribution in [0, 0.1) is 0 Å². The van der Waals surface area contributed by atoms with Crippen molar-refractivity contribution in [2.24, 2.45) is 5.73 Å². The van der Waals surface area contributed by atoms with Gasteiger partial charge in [-0.25, -0.2) is 0 Å². The van der Waals surface area contributed by atoms with Crippen molar-refractivity contribution in [2.45, 2.75) is 18.5 Å². The number of hydrogen-bond acceptors (Lipinski definition) is 4. The van der Waals surface area contributed by atoms with Gasteiger partial charge in [-0.15, -0.1) is 0 Å². The summed E-state index contributed by atoms with van der Waals surface area (Å²) < 4.78 is 0. The fourth-order valence-corrected chi connectivity index (χ4v) is 1.32. The molecule has 13 heavy (non-hydrogen) atoms. The van der Waals surface area contributed by atoms with Crippen LogP contribution in [0.5, 0.6) is 0 Å². The Morgan fingerprint density at radius 2 is 2.31 bits per heavy atom. The zero-order chi connectivity index (χ0) is 9.84. The summed E-state index contributed by atoms with van der Waals surface area (Å²) in [6.45, 7) is 0.428. The summed E-state index contributed by atoms with van der Waals surface area (Å²) in [6, 6.07) is -0.666. The molecule has 1 unspecified atom stereocenters. The van der Waals surface area contributed by atoms with E-state index in [2.05, 4.69) is 10.6 Å². The Morgan fingerprint density at radius 1 is 1.62 bits per heavy atom. The molecule has 1 fully saturated rings. The predicted molar refractivity (Wildman–Crippen MR) is 45.0 cm³/mol. The molecule has 74 valence electrons. The molecule has 0 aromatic carbocycles. The van der Waals surface area contributed by atoms with Crippen LogP contribution >= 0.6 is 0 Å². The predicted octanol–water partition coefficient (Wildman–Crippen LogP) is -2.12. The summed E-state index contributed by atoms with van der Waals surface area (Å²) in [5.74, 6) is -1.14. The van der Waals surface area contributed by atoms with Crippen LogP contribution in [0.15, 0.2) is 0 Å². The highest BCUT2D eigenvalue weighted by Gasteiger charge is 2.29. The standard InChI is InChI=1S/C7H13N3O3/c8-2-6(11)10-4-1-5(7(12)13)9-3-4/h4-5,9H,1-3,8H2,(H,10,11)(H,12,13)/t4?,5-/m1/s1. The molecule has 0 aromatic heterocycles. The quantitative estimate of drug-likeness (QED) is 0.404. The second-order valence-electron chi connectivity index (χ2n) is 3.00. The summed E-state index contributed by atoms with van der Waals surface area (Å²) in [5, 5.41) is 14.0. The first-order chi connectivity index (χ1) is 6.13. The van der Waals surface area contributed by atoms with E-state index in [1.54, 1.807) is 0 Å². The molecule has 1 saturated heterocycles. The van der Waals surface area contributed by atoms with E-state index < -0.39 is 12.0 Å². The number of carboxylic acids is 1. The number of nitrogens with two attached hydrogens (primary N) is 1. The lowest BCUT2D eigenvalue weighted by molar-refractivity contribution is -0.139. The number of hydrogen-bond donors (Lipinski definition) is 4. The minimum atomic E-state index is -0.885. The maximum atomic E-state index is 10.8. The average molecular weight is 187 g/mol. The molecule has 5 N–H and O–H groups in total. The third-order valence-corrected chi connectivity index (χ3v) is 1.98. The Hall–Kier alpha value is -1.14. The van der Waals surface area contributed by atoms with E-state index in [0.717, 1.165) is 0 Å². The second-order valence-corrected chi connectivity index (χ2v) is 3.00. The fourth-order valence-electron chi connectivity index (χ4n) is 1.32. The van der Waals surface area contributed by atoms with Crippen molar-refractivity contribution >= 4 is 11.9 Å². The molecule has 6 heteroatoms. The van der Waals surface area contributed by atoms with Gasteiger partial charge >= 0.3 is 5.97 Å². The Morgan fingerprint density at radius 3 is 2.77 bits per heavy atom. The number of nitrogens with one attached hydrogen (secondary N) is 2. The molecule has 1 amide bonds. The summed E-state index contributed by atoms with van der Waals surface area (Å²) in [5.41, 5.74) is 5.10. The molecule has 0 spiro atoms. The topological polar surface area (TPSA) is 104 Å². The molecule has 6 nitrogen and oxygen atoms in total. The molecule has 2 atom stereocenters. The zero-order valence-corrected chi connectivity index (χ0v) is 7.12. The molecule has 1 heterocycles. The summed E-state index contributed by atoms with van der Waals surface area (Å²) in [7, 11) is 0. The first kappa shape index (κ1) is 9.94. The number of carbonyl (C=O) groups is 2. The first-order valence-electron chi connectivity index (χ1n) is 4.09. The van der Waals surface area contributed by atoms with Gasteiger partial charge < -0.3 is 21.5 Å². The van der Waals surface area contributed by atoms with Crippen molar-refractivity contribution in [3.8, 4) is 0 Å². The van der Waals surface area contributed by atoms with E-state index in [9.17, 15) is 9.59 Å². The van der Waals surface area contributed by atoms with Gasteiger partial charge in [0, 0.05) is 12.6 Å². The Bertz CT molecular complexity index is 219. The number of carbonyl (C=O) groups excluding carboxylic acids is 1. The smallest absolute Gasteiger partial charge is 0.320 e. The molecular formula is C7H13N3O3. The Kier molecular flexibility index (Phi) is 3.21. The maximum absolute atomic E-state index is 10.8. The highest BCUT2D eigenvalue weighted by molar-refractivity contribution is 5.78. The lowest BCUT2D eigenvalue weighted by atomic mass is 10.2. The maximum Gasteiger partial charge on any atom is 0.320 e. The monoisotopic (exact) mass is 187 g/mol. The highest BCUT2D eigenvalue weighted by atomic mass is 16.4. The lowest BCUT2D eigenvalue weighted by Gasteiger charge is -2.09. The van der Waals surface area contributed by atoms with Crippen LogP contribution in [0.25, 0.3) is 0 Å². The largest absolute Gasteiger partial charge is 0.480 e. The van der Waals surface area contributed by atoms with Crippen molar-refractivity contribution in [3.63, 3.8) is 0 Å². The van der Waals surface area contributed by atoms with Gasteiger partial charge in [-0.05, 0) is 6.42 Å². The van der Waals surface area contributed by atoms with Gasteiger partial charge in [0.05, 0.1) is 6.54 Å². The van der Waals surface area contributed by atoms with Crippen LogP contribution in [-0.4, -0.2) is 42.2 Å². The first-order valence-corrected chi connectivity index (χ1v) is 4.09. The Balaban J connectivity index is 2.33. The van der Waals surface area contributed by atoms with E-state index >= 15 is 0 Å². The van der Waals surface area contributed by atoms with Crippen molar-refractivity contribution in [2.75, 3.05) is 13.1 Å². The molecule has 0 aliphatic carbocycles. The molecule has 0 radical (unpaired) electrons. The van der Waals surface area contributed by atoms with Gasteiger partial charge in [-0.3, -0.25) is 9.59 Å². The summed E-state index contributed by atoms with van der Waals surface area (Å²) >= 11 is 0.